The van der Waals surface area contributed by atoms with Crippen molar-refractivity contribution in [2.24, 2.45) is 5.92 Å². The molecular weight excluding hydrogens is 352 g/mol. The van der Waals surface area contributed by atoms with Crippen LogP contribution >= 0.6 is 0 Å². The second kappa shape index (κ2) is 8.99. The van der Waals surface area contributed by atoms with Gasteiger partial charge in [-0.25, -0.2) is 0 Å². The fourth-order valence-corrected chi connectivity index (χ4v) is 4.72. The number of rotatable bonds is 7. The highest BCUT2D eigenvalue weighted by atomic mass is 16.7. The fraction of sp³-hybridized carbons (Fsp3) is 0.609. The zero-order chi connectivity index (χ0) is 19.3. The van der Waals surface area contributed by atoms with E-state index in [1.165, 1.54) is 19.3 Å². The van der Waals surface area contributed by atoms with E-state index in [-0.39, 0.29) is 12.7 Å². The standard InChI is InChI=1S/C23H32N2O3/c1-2-24-12-6-9-20(24)16-25(15-18-7-4-3-5-8-18)23(26)14-19-10-11-21-22(13-19)28-17-27-21/h3-4,10-11,13,18,20H,2,5-9,12,14-17H2,1H3/t18-,20+/m0/s1. The third-order valence-electron chi connectivity index (χ3n) is 6.34. The molecular formula is C23H32N2O3. The van der Waals surface area contributed by atoms with E-state index in [1.54, 1.807) is 0 Å². The summed E-state index contributed by atoms with van der Waals surface area (Å²) >= 11 is 0. The molecule has 152 valence electrons. The first-order valence-corrected chi connectivity index (χ1v) is 10.8. The Morgan fingerprint density at radius 1 is 1.18 bits per heavy atom. The Morgan fingerprint density at radius 2 is 2.07 bits per heavy atom. The molecule has 1 amide bonds. The van der Waals surface area contributed by atoms with Gasteiger partial charge < -0.3 is 14.4 Å². The first kappa shape index (κ1) is 19.3. The van der Waals surface area contributed by atoms with Gasteiger partial charge in [-0.15, -0.1) is 0 Å². The first-order chi connectivity index (χ1) is 13.7. The van der Waals surface area contributed by atoms with Crippen LogP contribution in [-0.2, 0) is 11.2 Å². The summed E-state index contributed by atoms with van der Waals surface area (Å²) in [6, 6.07) is 6.36. The van der Waals surface area contributed by atoms with Crippen molar-refractivity contribution in [1.29, 1.82) is 0 Å². The third-order valence-corrected chi connectivity index (χ3v) is 6.34. The average molecular weight is 385 g/mol. The Balaban J connectivity index is 1.44. The number of nitrogens with zero attached hydrogens (tertiary/aromatic N) is 2. The number of carbonyl (C=O) groups is 1. The SMILES string of the molecule is CCN1CCC[C@@H]1CN(C[C@H]1CC=CCC1)C(=O)Cc1ccc2c(c1)OCO2. The van der Waals surface area contributed by atoms with Crippen LogP contribution in [0.4, 0.5) is 0 Å². The summed E-state index contributed by atoms with van der Waals surface area (Å²) in [5.41, 5.74) is 1.00. The van der Waals surface area contributed by atoms with Gasteiger partial charge in [0.2, 0.25) is 12.7 Å². The summed E-state index contributed by atoms with van der Waals surface area (Å²) in [6.45, 7) is 6.46. The lowest BCUT2D eigenvalue weighted by atomic mass is 9.93. The van der Waals surface area contributed by atoms with Gasteiger partial charge in [-0.1, -0.05) is 25.1 Å². The maximum atomic E-state index is 13.3. The molecule has 0 radical (unpaired) electrons. The van der Waals surface area contributed by atoms with Gasteiger partial charge in [-0.3, -0.25) is 9.69 Å². The fourth-order valence-electron chi connectivity index (χ4n) is 4.72. The highest BCUT2D eigenvalue weighted by molar-refractivity contribution is 5.79. The van der Waals surface area contributed by atoms with Crippen molar-refractivity contribution in [1.82, 2.24) is 9.80 Å². The topological polar surface area (TPSA) is 42.0 Å². The van der Waals surface area contributed by atoms with E-state index >= 15 is 0 Å². The quantitative estimate of drug-likeness (QED) is 0.674. The molecule has 1 aliphatic carbocycles. The van der Waals surface area contributed by atoms with Crippen molar-refractivity contribution in [3.63, 3.8) is 0 Å². The number of amides is 1. The summed E-state index contributed by atoms with van der Waals surface area (Å²) in [4.78, 5) is 18.0. The summed E-state index contributed by atoms with van der Waals surface area (Å²) < 4.78 is 10.9. The Kier molecular flexibility index (Phi) is 6.20. The lowest BCUT2D eigenvalue weighted by Gasteiger charge is -2.33. The van der Waals surface area contributed by atoms with Crippen LogP contribution in [0.25, 0.3) is 0 Å². The molecule has 1 aromatic rings. The van der Waals surface area contributed by atoms with Gasteiger partial charge in [0.05, 0.1) is 6.42 Å². The van der Waals surface area contributed by atoms with Gasteiger partial charge in [0, 0.05) is 19.1 Å². The number of likely N-dealkylation sites (tertiary alicyclic amines) is 1. The maximum absolute atomic E-state index is 13.3. The summed E-state index contributed by atoms with van der Waals surface area (Å²) in [7, 11) is 0. The molecule has 3 aliphatic rings. The molecule has 1 aromatic carbocycles. The zero-order valence-electron chi connectivity index (χ0n) is 16.9. The normalized spacial score (nSPS) is 23.9. The molecule has 1 saturated heterocycles. The Hall–Kier alpha value is -2.01. The minimum absolute atomic E-state index is 0.233. The van der Waals surface area contributed by atoms with E-state index in [4.69, 9.17) is 9.47 Å². The van der Waals surface area contributed by atoms with Crippen LogP contribution in [0.1, 0.15) is 44.6 Å². The number of likely N-dealkylation sites (N-methyl/N-ethyl adjacent to an activating group) is 1. The van der Waals surface area contributed by atoms with Gasteiger partial charge in [-0.05, 0) is 68.8 Å². The predicted molar refractivity (Wildman–Crippen MR) is 110 cm³/mol. The van der Waals surface area contributed by atoms with E-state index < -0.39 is 0 Å². The summed E-state index contributed by atoms with van der Waals surface area (Å²) in [5.74, 6) is 2.34. The van der Waals surface area contributed by atoms with Crippen molar-refractivity contribution in [3.8, 4) is 11.5 Å². The van der Waals surface area contributed by atoms with E-state index in [9.17, 15) is 4.79 Å². The number of fused-ring (bicyclic) bond motifs is 1. The van der Waals surface area contributed by atoms with Gasteiger partial charge >= 0.3 is 0 Å². The molecule has 0 unspecified atom stereocenters. The van der Waals surface area contributed by atoms with E-state index in [1.807, 2.05) is 18.2 Å². The summed E-state index contributed by atoms with van der Waals surface area (Å²) in [6.07, 6.45) is 10.8. The first-order valence-electron chi connectivity index (χ1n) is 10.8. The van der Waals surface area contributed by atoms with Gasteiger partial charge in [0.25, 0.3) is 0 Å². The highest BCUT2D eigenvalue weighted by Gasteiger charge is 2.28. The molecule has 4 rings (SSSR count). The van der Waals surface area contributed by atoms with Crippen LogP contribution in [-0.4, -0.2) is 54.7 Å². The average Bonchev–Trinajstić information content (AvgIpc) is 3.36. The van der Waals surface area contributed by atoms with Crippen molar-refractivity contribution in [2.45, 2.75) is 51.5 Å². The summed E-state index contributed by atoms with van der Waals surface area (Å²) in [5, 5.41) is 0. The number of hydrogen-bond donors (Lipinski definition) is 0. The molecule has 5 nitrogen and oxygen atoms in total. The molecule has 0 spiro atoms. The smallest absolute Gasteiger partial charge is 0.231 e. The molecule has 2 atom stereocenters. The monoisotopic (exact) mass is 384 g/mol. The number of ether oxygens (including phenoxy) is 2. The van der Waals surface area contributed by atoms with Crippen molar-refractivity contribution in [2.75, 3.05) is 33.0 Å². The third kappa shape index (κ3) is 4.52. The zero-order valence-corrected chi connectivity index (χ0v) is 16.9. The molecule has 5 heteroatoms. The Morgan fingerprint density at radius 3 is 2.89 bits per heavy atom. The molecule has 1 fully saturated rings. The molecule has 0 N–H and O–H groups in total. The molecule has 28 heavy (non-hydrogen) atoms. The van der Waals surface area contributed by atoms with Crippen LogP contribution < -0.4 is 9.47 Å². The van der Waals surface area contributed by atoms with Crippen molar-refractivity contribution < 1.29 is 14.3 Å². The minimum Gasteiger partial charge on any atom is -0.454 e. The lowest BCUT2D eigenvalue weighted by molar-refractivity contribution is -0.132. The minimum atomic E-state index is 0.233. The lowest BCUT2D eigenvalue weighted by Crippen LogP contribution is -2.45. The van der Waals surface area contributed by atoms with Gasteiger partial charge in [0.1, 0.15) is 0 Å². The highest BCUT2D eigenvalue weighted by Crippen LogP contribution is 2.33. The van der Waals surface area contributed by atoms with Gasteiger partial charge in [0.15, 0.2) is 11.5 Å². The number of benzene rings is 1. The van der Waals surface area contributed by atoms with E-state index in [2.05, 4.69) is 28.9 Å². The van der Waals surface area contributed by atoms with Gasteiger partial charge in [-0.2, -0.15) is 0 Å². The second-order valence-electron chi connectivity index (χ2n) is 8.24. The largest absolute Gasteiger partial charge is 0.454 e. The Bertz CT molecular complexity index is 718. The van der Waals surface area contributed by atoms with Crippen molar-refractivity contribution in [3.05, 3.63) is 35.9 Å². The molecule has 0 bridgehead atoms. The molecule has 2 aliphatic heterocycles. The van der Waals surface area contributed by atoms with Crippen LogP contribution in [0.5, 0.6) is 11.5 Å². The molecule has 2 heterocycles. The van der Waals surface area contributed by atoms with Crippen LogP contribution in [0.15, 0.2) is 30.4 Å². The van der Waals surface area contributed by atoms with E-state index in [0.29, 0.717) is 18.4 Å². The molecule has 0 aromatic heterocycles. The maximum Gasteiger partial charge on any atom is 0.231 e. The predicted octanol–water partition coefficient (Wildman–Crippen LogP) is 3.63. The number of carbonyl (C=O) groups excluding carboxylic acids is 1. The Labute approximate surface area is 168 Å². The van der Waals surface area contributed by atoms with Crippen molar-refractivity contribution >= 4 is 5.91 Å². The number of hydrogen-bond acceptors (Lipinski definition) is 4. The van der Waals surface area contributed by atoms with Crippen LogP contribution in [0.3, 0.4) is 0 Å². The van der Waals surface area contributed by atoms with Crippen LogP contribution in [0.2, 0.25) is 0 Å². The van der Waals surface area contributed by atoms with E-state index in [0.717, 1.165) is 56.1 Å². The number of allylic oxidation sites excluding steroid dienone is 2. The van der Waals surface area contributed by atoms with Crippen LogP contribution in [0, 0.1) is 5.92 Å². The molecule has 0 saturated carbocycles. The second-order valence-corrected chi connectivity index (χ2v) is 8.24.